The molecule has 28 heavy (non-hydrogen) atoms. The van der Waals surface area contributed by atoms with E-state index in [4.69, 9.17) is 4.99 Å². The number of anilines is 1. The van der Waals surface area contributed by atoms with Gasteiger partial charge in [-0.25, -0.2) is 9.98 Å². The molecule has 1 N–H and O–H groups in total. The quantitative estimate of drug-likeness (QED) is 0.623. The lowest BCUT2D eigenvalue weighted by Crippen LogP contribution is -2.72. The molecule has 2 aliphatic rings. The summed E-state index contributed by atoms with van der Waals surface area (Å²) in [4.78, 5) is 16.9. The van der Waals surface area contributed by atoms with Crippen LogP contribution in [0.3, 0.4) is 0 Å². The number of rotatable bonds is 5. The molecule has 3 heterocycles. The first kappa shape index (κ1) is 20.9. The van der Waals surface area contributed by atoms with E-state index in [-0.39, 0.29) is 5.54 Å². The fraction of sp³-hybridized carbons (Fsp3) is 0.727. The summed E-state index contributed by atoms with van der Waals surface area (Å²) in [6.45, 7) is 21.7. The van der Waals surface area contributed by atoms with Crippen LogP contribution in [0.2, 0.25) is 0 Å². The van der Waals surface area contributed by atoms with Gasteiger partial charge in [0.15, 0.2) is 5.96 Å². The molecule has 0 atom stereocenters. The Hall–Kier alpha value is -1.82. The van der Waals surface area contributed by atoms with Gasteiger partial charge in [0.1, 0.15) is 5.82 Å². The molecule has 0 amide bonds. The van der Waals surface area contributed by atoms with Crippen LogP contribution in [0, 0.1) is 5.41 Å². The van der Waals surface area contributed by atoms with Crippen molar-refractivity contribution < 1.29 is 0 Å². The SMILES string of the molecule is CCNC(=NCc1ccnc(N2CCN(CC)CC2)c1)N1CC(C)(C)C1(C)C. The number of hydrogen-bond donors (Lipinski definition) is 1. The molecule has 1 aromatic heterocycles. The maximum atomic E-state index is 4.96. The summed E-state index contributed by atoms with van der Waals surface area (Å²) in [5.74, 6) is 2.10. The van der Waals surface area contributed by atoms with E-state index in [2.05, 4.69) is 78.7 Å². The maximum absolute atomic E-state index is 4.96. The second-order valence-electron chi connectivity index (χ2n) is 9.14. The molecular formula is C22H38N6. The van der Waals surface area contributed by atoms with Gasteiger partial charge in [-0.05, 0) is 45.0 Å². The zero-order valence-corrected chi connectivity index (χ0v) is 18.6. The minimum absolute atomic E-state index is 0.107. The molecule has 6 nitrogen and oxygen atoms in total. The first-order chi connectivity index (χ1) is 13.3. The number of guanidine groups is 1. The van der Waals surface area contributed by atoms with Crippen LogP contribution in [0.5, 0.6) is 0 Å². The average molecular weight is 387 g/mol. The van der Waals surface area contributed by atoms with Crippen molar-refractivity contribution in [3.8, 4) is 0 Å². The zero-order chi connectivity index (χ0) is 20.4. The Morgan fingerprint density at radius 3 is 2.43 bits per heavy atom. The molecule has 0 aromatic carbocycles. The van der Waals surface area contributed by atoms with E-state index < -0.39 is 0 Å². The second-order valence-corrected chi connectivity index (χ2v) is 9.14. The predicted molar refractivity (Wildman–Crippen MR) is 118 cm³/mol. The van der Waals surface area contributed by atoms with Gasteiger partial charge in [-0.1, -0.05) is 20.8 Å². The lowest BCUT2D eigenvalue weighted by Gasteiger charge is -2.62. The summed E-state index contributed by atoms with van der Waals surface area (Å²) in [6.07, 6.45) is 1.93. The molecule has 0 aliphatic carbocycles. The highest BCUT2D eigenvalue weighted by Crippen LogP contribution is 2.46. The molecule has 2 saturated heterocycles. The van der Waals surface area contributed by atoms with Gasteiger partial charge >= 0.3 is 0 Å². The summed E-state index contributed by atoms with van der Waals surface area (Å²) in [5, 5.41) is 3.48. The van der Waals surface area contributed by atoms with Gasteiger partial charge in [-0.15, -0.1) is 0 Å². The summed E-state index contributed by atoms with van der Waals surface area (Å²) in [5.41, 5.74) is 1.63. The number of piperazine rings is 1. The standard InChI is InChI=1S/C22H38N6/c1-7-23-20(28-17-21(3,4)22(28,5)6)25-16-18-9-10-24-19(15-18)27-13-11-26(8-2)12-14-27/h9-10,15H,7-8,11-14,16-17H2,1-6H3,(H,23,25). The van der Waals surface area contributed by atoms with Crippen molar-refractivity contribution >= 4 is 11.8 Å². The lowest BCUT2D eigenvalue weighted by atomic mass is 9.65. The molecule has 1 aromatic rings. The van der Waals surface area contributed by atoms with Crippen LogP contribution in [0.1, 0.15) is 47.1 Å². The zero-order valence-electron chi connectivity index (χ0n) is 18.6. The third-order valence-electron chi connectivity index (χ3n) is 6.84. The van der Waals surface area contributed by atoms with Gasteiger partial charge in [0.25, 0.3) is 0 Å². The Morgan fingerprint density at radius 1 is 1.14 bits per heavy atom. The van der Waals surface area contributed by atoms with Crippen molar-refractivity contribution in [3.05, 3.63) is 23.9 Å². The van der Waals surface area contributed by atoms with E-state index in [0.717, 1.165) is 57.6 Å². The average Bonchev–Trinajstić information content (AvgIpc) is 2.70. The van der Waals surface area contributed by atoms with Crippen LogP contribution < -0.4 is 10.2 Å². The monoisotopic (exact) mass is 386 g/mol. The largest absolute Gasteiger partial charge is 0.356 e. The molecule has 3 rings (SSSR count). The molecule has 0 saturated carbocycles. The van der Waals surface area contributed by atoms with Crippen LogP contribution in [0.25, 0.3) is 0 Å². The van der Waals surface area contributed by atoms with Crippen molar-refractivity contribution in [1.29, 1.82) is 0 Å². The molecule has 2 aliphatic heterocycles. The minimum Gasteiger partial charge on any atom is -0.356 e. The summed E-state index contributed by atoms with van der Waals surface area (Å²) in [6, 6.07) is 4.30. The third kappa shape index (κ3) is 4.12. The van der Waals surface area contributed by atoms with Crippen molar-refractivity contribution in [3.63, 3.8) is 0 Å². The van der Waals surface area contributed by atoms with E-state index in [1.807, 2.05) is 6.20 Å². The Bertz CT molecular complexity index is 688. The van der Waals surface area contributed by atoms with Gasteiger partial charge < -0.3 is 20.0 Å². The number of pyridine rings is 1. The summed E-state index contributed by atoms with van der Waals surface area (Å²) >= 11 is 0. The van der Waals surface area contributed by atoms with E-state index >= 15 is 0 Å². The third-order valence-corrected chi connectivity index (χ3v) is 6.84. The molecule has 2 fully saturated rings. The van der Waals surface area contributed by atoms with E-state index in [0.29, 0.717) is 12.0 Å². The van der Waals surface area contributed by atoms with Crippen molar-refractivity contribution in [1.82, 2.24) is 20.1 Å². The molecule has 6 heteroatoms. The Balaban J connectivity index is 1.69. The van der Waals surface area contributed by atoms with E-state index in [1.54, 1.807) is 0 Å². The lowest BCUT2D eigenvalue weighted by molar-refractivity contribution is -0.0667. The number of likely N-dealkylation sites (N-methyl/N-ethyl adjacent to an activating group) is 1. The first-order valence-corrected chi connectivity index (χ1v) is 10.8. The summed E-state index contributed by atoms with van der Waals surface area (Å²) < 4.78 is 0. The number of nitrogens with one attached hydrogen (secondary N) is 1. The highest BCUT2D eigenvalue weighted by atomic mass is 15.4. The van der Waals surface area contributed by atoms with Gasteiger partial charge in [0.2, 0.25) is 0 Å². The Kier molecular flexibility index (Phi) is 6.18. The first-order valence-electron chi connectivity index (χ1n) is 10.8. The molecule has 156 valence electrons. The Morgan fingerprint density at radius 2 is 1.86 bits per heavy atom. The van der Waals surface area contributed by atoms with Gasteiger partial charge in [-0.2, -0.15) is 0 Å². The van der Waals surface area contributed by atoms with Crippen molar-refractivity contribution in [2.24, 2.45) is 10.4 Å². The molecule has 0 radical (unpaired) electrons. The van der Waals surface area contributed by atoms with Crippen LogP contribution in [0.4, 0.5) is 5.82 Å². The normalized spacial score (nSPS) is 22.1. The summed E-state index contributed by atoms with van der Waals surface area (Å²) in [7, 11) is 0. The van der Waals surface area contributed by atoms with Crippen LogP contribution in [-0.4, -0.2) is 72.1 Å². The number of likely N-dealkylation sites (tertiary alicyclic amines) is 1. The topological polar surface area (TPSA) is 47.0 Å². The number of nitrogens with zero attached hydrogens (tertiary/aromatic N) is 5. The fourth-order valence-corrected chi connectivity index (χ4v) is 3.99. The highest BCUT2D eigenvalue weighted by molar-refractivity contribution is 5.82. The smallest absolute Gasteiger partial charge is 0.194 e. The fourth-order valence-electron chi connectivity index (χ4n) is 3.99. The van der Waals surface area contributed by atoms with Gasteiger partial charge in [-0.3, -0.25) is 0 Å². The maximum Gasteiger partial charge on any atom is 0.194 e. The second kappa shape index (κ2) is 8.27. The number of aromatic nitrogens is 1. The number of hydrogen-bond acceptors (Lipinski definition) is 4. The highest BCUT2D eigenvalue weighted by Gasteiger charge is 2.53. The van der Waals surface area contributed by atoms with Crippen LogP contribution in [0.15, 0.2) is 23.3 Å². The van der Waals surface area contributed by atoms with E-state index in [9.17, 15) is 0 Å². The van der Waals surface area contributed by atoms with Gasteiger partial charge in [0.05, 0.1) is 6.54 Å². The van der Waals surface area contributed by atoms with Gasteiger partial charge in [0, 0.05) is 56.4 Å². The molecular weight excluding hydrogens is 348 g/mol. The molecule has 0 bridgehead atoms. The van der Waals surface area contributed by atoms with Crippen molar-refractivity contribution in [2.75, 3.05) is 50.7 Å². The van der Waals surface area contributed by atoms with Crippen LogP contribution >= 0.6 is 0 Å². The number of aliphatic imine (C=N–C) groups is 1. The van der Waals surface area contributed by atoms with Crippen molar-refractivity contribution in [2.45, 2.75) is 53.6 Å². The van der Waals surface area contributed by atoms with E-state index in [1.165, 1.54) is 5.56 Å². The predicted octanol–water partition coefficient (Wildman–Crippen LogP) is 2.81. The molecule has 0 spiro atoms. The molecule has 0 unspecified atom stereocenters. The minimum atomic E-state index is 0.107. The van der Waals surface area contributed by atoms with Crippen LogP contribution in [-0.2, 0) is 6.54 Å². The Labute approximate surface area is 171 Å².